The van der Waals surface area contributed by atoms with Gasteiger partial charge in [-0.2, -0.15) is 0 Å². The highest BCUT2D eigenvalue weighted by Gasteiger charge is 2.54. The molecule has 3 fully saturated rings. The summed E-state index contributed by atoms with van der Waals surface area (Å²) < 4.78 is 1.21. The maximum absolute atomic E-state index is 12.2. The predicted molar refractivity (Wildman–Crippen MR) is 102 cm³/mol. The third-order valence-electron chi connectivity index (χ3n) is 6.76. The molecule has 132 valence electrons. The molecule has 3 aliphatic rings. The highest BCUT2D eigenvalue weighted by Crippen LogP contribution is 2.49. The molecule has 0 spiro atoms. The molecule has 1 atom stereocenters. The quantitative estimate of drug-likeness (QED) is 0.812. The molecule has 5 rings (SSSR count). The average Bonchev–Trinajstić information content (AvgIpc) is 2.69. The van der Waals surface area contributed by atoms with Crippen LogP contribution in [0.1, 0.15) is 37.3 Å². The summed E-state index contributed by atoms with van der Waals surface area (Å²) in [5.41, 5.74) is 1.22. The third kappa shape index (κ3) is 2.82. The zero-order valence-electron chi connectivity index (χ0n) is 15.3. The number of hydrogen-bond acceptors (Lipinski definition) is 1. The van der Waals surface area contributed by atoms with E-state index in [0.717, 1.165) is 17.7 Å². The Morgan fingerprint density at radius 3 is 1.92 bits per heavy atom. The first-order chi connectivity index (χ1) is 12.2. The number of nitrogens with zero attached hydrogens (tertiary/aromatic N) is 1. The largest absolute Gasteiger partial charge is 0.380 e. The van der Waals surface area contributed by atoms with E-state index >= 15 is 0 Å². The Labute approximate surface area is 151 Å². The lowest BCUT2D eigenvalue weighted by atomic mass is 9.64. The molecule has 2 nitrogen and oxygen atoms in total. The van der Waals surface area contributed by atoms with Crippen molar-refractivity contribution >= 4 is 0 Å². The average molecular weight is 336 g/mol. The van der Waals surface area contributed by atoms with Gasteiger partial charge in [0.05, 0.1) is 26.2 Å². The van der Waals surface area contributed by atoms with Crippen LogP contribution in [0.4, 0.5) is 0 Å². The lowest BCUT2D eigenvalue weighted by Gasteiger charge is -2.56. The number of piperidine rings is 3. The molecule has 0 aromatic heterocycles. The molecule has 0 saturated carbocycles. The van der Waals surface area contributed by atoms with Gasteiger partial charge in [0, 0.05) is 18.8 Å². The van der Waals surface area contributed by atoms with Crippen molar-refractivity contribution in [2.45, 2.75) is 31.8 Å². The monoisotopic (exact) mass is 336 g/mol. The Balaban J connectivity index is 1.79. The Kier molecular flexibility index (Phi) is 4.43. The van der Waals surface area contributed by atoms with Gasteiger partial charge in [0.15, 0.2) is 0 Å². The standard InChI is InChI=1S/C23H30NO/c1-2-15-24-16-13-19(14-17-24)22(18-24)23(25,20-9-5-3-6-10-20)21-11-7-4-8-12-21/h3-12,19,22,25H,2,13-18H2,1H3/q+1/t19?,22-,24?/m1/s1. The third-order valence-corrected chi connectivity index (χ3v) is 6.76. The second-order valence-electron chi connectivity index (χ2n) is 8.14. The normalized spacial score (nSPS) is 28.9. The molecule has 0 unspecified atom stereocenters. The lowest BCUT2D eigenvalue weighted by Crippen LogP contribution is -2.65. The molecule has 3 aliphatic heterocycles. The summed E-state index contributed by atoms with van der Waals surface area (Å²) in [6, 6.07) is 20.7. The maximum Gasteiger partial charge on any atom is 0.123 e. The van der Waals surface area contributed by atoms with Crippen LogP contribution in [0.5, 0.6) is 0 Å². The minimum absolute atomic E-state index is 0.298. The SMILES string of the molecule is CCC[N+]12CCC(CC1)[C@H](C(O)(c1ccccc1)c1ccccc1)C2. The van der Waals surface area contributed by atoms with Gasteiger partial charge in [-0.3, -0.25) is 0 Å². The predicted octanol–water partition coefficient (Wildman–Crippen LogP) is 4.19. The molecule has 0 amide bonds. The molecule has 2 bridgehead atoms. The highest BCUT2D eigenvalue weighted by atomic mass is 16.3. The lowest BCUT2D eigenvalue weighted by molar-refractivity contribution is -0.948. The molecule has 3 heterocycles. The minimum Gasteiger partial charge on any atom is -0.380 e. The number of rotatable bonds is 5. The van der Waals surface area contributed by atoms with Crippen molar-refractivity contribution in [1.29, 1.82) is 0 Å². The van der Waals surface area contributed by atoms with Crippen LogP contribution in [0.3, 0.4) is 0 Å². The molecule has 25 heavy (non-hydrogen) atoms. The topological polar surface area (TPSA) is 20.2 Å². The molecule has 2 heteroatoms. The highest BCUT2D eigenvalue weighted by molar-refractivity contribution is 5.37. The van der Waals surface area contributed by atoms with Crippen LogP contribution in [-0.4, -0.2) is 35.8 Å². The summed E-state index contributed by atoms with van der Waals surface area (Å²) in [4.78, 5) is 0. The van der Waals surface area contributed by atoms with E-state index < -0.39 is 5.60 Å². The zero-order valence-corrected chi connectivity index (χ0v) is 15.3. The number of benzene rings is 2. The Bertz CT molecular complexity index is 644. The van der Waals surface area contributed by atoms with Gasteiger partial charge in [-0.15, -0.1) is 0 Å². The van der Waals surface area contributed by atoms with E-state index in [-0.39, 0.29) is 0 Å². The molecular weight excluding hydrogens is 306 g/mol. The number of aliphatic hydroxyl groups is 1. The van der Waals surface area contributed by atoms with E-state index in [1.165, 1.54) is 43.4 Å². The van der Waals surface area contributed by atoms with Gasteiger partial charge < -0.3 is 9.59 Å². The fourth-order valence-electron chi connectivity index (χ4n) is 5.53. The molecule has 2 aromatic rings. The van der Waals surface area contributed by atoms with Crippen LogP contribution in [0, 0.1) is 11.8 Å². The molecule has 2 aromatic carbocycles. The molecule has 3 saturated heterocycles. The molecular formula is C23H30NO+. The molecule has 0 radical (unpaired) electrons. The molecule has 0 aliphatic carbocycles. The van der Waals surface area contributed by atoms with Gasteiger partial charge in [-0.1, -0.05) is 67.6 Å². The van der Waals surface area contributed by atoms with Crippen molar-refractivity contribution in [2.24, 2.45) is 11.8 Å². The van der Waals surface area contributed by atoms with E-state index in [1.54, 1.807) is 0 Å². The summed E-state index contributed by atoms with van der Waals surface area (Å²) in [5.74, 6) is 0.925. The van der Waals surface area contributed by atoms with Crippen molar-refractivity contribution in [3.63, 3.8) is 0 Å². The number of fused-ring (bicyclic) bond motifs is 3. The first-order valence-corrected chi connectivity index (χ1v) is 9.86. The fraction of sp³-hybridized carbons (Fsp3) is 0.478. The first kappa shape index (κ1) is 16.8. The number of hydrogen-bond donors (Lipinski definition) is 1. The van der Waals surface area contributed by atoms with Crippen molar-refractivity contribution < 1.29 is 9.59 Å². The summed E-state index contributed by atoms with van der Waals surface area (Å²) in [5, 5.41) is 12.2. The first-order valence-electron chi connectivity index (χ1n) is 9.86. The van der Waals surface area contributed by atoms with Gasteiger partial charge in [0.2, 0.25) is 0 Å². The van der Waals surface area contributed by atoms with Gasteiger partial charge in [0.1, 0.15) is 5.60 Å². The van der Waals surface area contributed by atoms with Gasteiger partial charge in [0.25, 0.3) is 0 Å². The fourth-order valence-corrected chi connectivity index (χ4v) is 5.53. The van der Waals surface area contributed by atoms with E-state index in [1.807, 2.05) is 12.1 Å². The van der Waals surface area contributed by atoms with Crippen LogP contribution < -0.4 is 0 Å². The van der Waals surface area contributed by atoms with Crippen LogP contribution in [0.25, 0.3) is 0 Å². The van der Waals surface area contributed by atoms with Crippen molar-refractivity contribution in [2.75, 3.05) is 26.2 Å². The summed E-state index contributed by atoms with van der Waals surface area (Å²) >= 11 is 0. The summed E-state index contributed by atoms with van der Waals surface area (Å²) in [6.45, 7) is 7.26. The van der Waals surface area contributed by atoms with Crippen molar-refractivity contribution in [3.8, 4) is 0 Å². The smallest absolute Gasteiger partial charge is 0.123 e. The summed E-state index contributed by atoms with van der Waals surface area (Å²) in [7, 11) is 0. The van der Waals surface area contributed by atoms with Crippen molar-refractivity contribution in [3.05, 3.63) is 71.8 Å². The maximum atomic E-state index is 12.2. The van der Waals surface area contributed by atoms with Crippen molar-refractivity contribution in [1.82, 2.24) is 0 Å². The van der Waals surface area contributed by atoms with Crippen LogP contribution in [0.15, 0.2) is 60.7 Å². The Morgan fingerprint density at radius 2 is 1.44 bits per heavy atom. The van der Waals surface area contributed by atoms with Gasteiger partial charge in [-0.25, -0.2) is 0 Å². The second kappa shape index (κ2) is 6.59. The van der Waals surface area contributed by atoms with Crippen LogP contribution >= 0.6 is 0 Å². The van der Waals surface area contributed by atoms with Gasteiger partial charge in [-0.05, 0) is 23.5 Å². The van der Waals surface area contributed by atoms with E-state index in [2.05, 4.69) is 55.5 Å². The van der Waals surface area contributed by atoms with E-state index in [9.17, 15) is 5.11 Å². The second-order valence-corrected chi connectivity index (χ2v) is 8.14. The minimum atomic E-state index is -0.884. The van der Waals surface area contributed by atoms with Crippen LogP contribution in [-0.2, 0) is 5.60 Å². The number of quaternary nitrogens is 1. The Morgan fingerprint density at radius 1 is 0.920 bits per heavy atom. The zero-order chi connectivity index (χ0) is 17.3. The van der Waals surface area contributed by atoms with E-state index in [4.69, 9.17) is 0 Å². The summed E-state index contributed by atoms with van der Waals surface area (Å²) in [6.07, 6.45) is 3.74. The Hall–Kier alpha value is -1.64. The van der Waals surface area contributed by atoms with E-state index in [0.29, 0.717) is 11.8 Å². The molecule has 1 N–H and O–H groups in total. The van der Waals surface area contributed by atoms with Crippen LogP contribution in [0.2, 0.25) is 0 Å². The van der Waals surface area contributed by atoms with Gasteiger partial charge >= 0.3 is 0 Å².